The maximum Gasteiger partial charge on any atom is 0.222 e. The SMILES string of the molecule is CCC(=O)N1CCOC(c2cccc(OC)c2)C1. The summed E-state index contributed by atoms with van der Waals surface area (Å²) in [5, 5.41) is 0. The smallest absolute Gasteiger partial charge is 0.222 e. The van der Waals surface area contributed by atoms with Crippen LogP contribution in [0.15, 0.2) is 24.3 Å². The van der Waals surface area contributed by atoms with E-state index in [-0.39, 0.29) is 12.0 Å². The molecular weight excluding hydrogens is 230 g/mol. The highest BCUT2D eigenvalue weighted by molar-refractivity contribution is 5.75. The third-order valence-corrected chi connectivity index (χ3v) is 3.19. The van der Waals surface area contributed by atoms with Crippen molar-refractivity contribution in [3.05, 3.63) is 29.8 Å². The molecule has 0 bridgehead atoms. The Morgan fingerprint density at radius 2 is 2.39 bits per heavy atom. The molecule has 1 aliphatic rings. The number of hydrogen-bond donors (Lipinski definition) is 0. The first-order valence-corrected chi connectivity index (χ1v) is 6.28. The molecule has 0 aromatic heterocycles. The van der Waals surface area contributed by atoms with Gasteiger partial charge in [0.05, 0.1) is 20.3 Å². The van der Waals surface area contributed by atoms with Gasteiger partial charge in [0.1, 0.15) is 11.9 Å². The molecule has 1 fully saturated rings. The van der Waals surface area contributed by atoms with Gasteiger partial charge in [0.25, 0.3) is 0 Å². The lowest BCUT2D eigenvalue weighted by Gasteiger charge is -2.33. The van der Waals surface area contributed by atoms with Crippen LogP contribution in [0.4, 0.5) is 0 Å². The van der Waals surface area contributed by atoms with Crippen molar-refractivity contribution in [2.24, 2.45) is 0 Å². The molecule has 0 saturated carbocycles. The molecule has 4 heteroatoms. The lowest BCUT2D eigenvalue weighted by Crippen LogP contribution is -2.41. The molecule has 0 aliphatic carbocycles. The third kappa shape index (κ3) is 2.82. The number of carbonyl (C=O) groups excluding carboxylic acids is 1. The second-order valence-corrected chi connectivity index (χ2v) is 4.33. The highest BCUT2D eigenvalue weighted by Gasteiger charge is 2.24. The van der Waals surface area contributed by atoms with E-state index in [0.717, 1.165) is 11.3 Å². The largest absolute Gasteiger partial charge is 0.497 e. The van der Waals surface area contributed by atoms with Gasteiger partial charge in [-0.2, -0.15) is 0 Å². The second kappa shape index (κ2) is 5.87. The van der Waals surface area contributed by atoms with Crippen molar-refractivity contribution in [1.29, 1.82) is 0 Å². The quantitative estimate of drug-likeness (QED) is 0.822. The highest BCUT2D eigenvalue weighted by atomic mass is 16.5. The van der Waals surface area contributed by atoms with Gasteiger partial charge in [-0.1, -0.05) is 19.1 Å². The monoisotopic (exact) mass is 249 g/mol. The summed E-state index contributed by atoms with van der Waals surface area (Å²) < 4.78 is 10.9. The Hall–Kier alpha value is -1.55. The molecule has 1 heterocycles. The van der Waals surface area contributed by atoms with Crippen LogP contribution in [0.5, 0.6) is 5.75 Å². The van der Waals surface area contributed by atoms with Crippen LogP contribution in [0.2, 0.25) is 0 Å². The predicted molar refractivity (Wildman–Crippen MR) is 68.6 cm³/mol. The Morgan fingerprint density at radius 3 is 3.11 bits per heavy atom. The topological polar surface area (TPSA) is 38.8 Å². The Balaban J connectivity index is 2.10. The summed E-state index contributed by atoms with van der Waals surface area (Å²) in [6, 6.07) is 7.82. The number of methoxy groups -OCH3 is 1. The molecule has 0 radical (unpaired) electrons. The summed E-state index contributed by atoms with van der Waals surface area (Å²) in [5.74, 6) is 1.00. The first-order chi connectivity index (χ1) is 8.74. The maximum atomic E-state index is 11.7. The molecule has 18 heavy (non-hydrogen) atoms. The molecule has 4 nitrogen and oxygen atoms in total. The van der Waals surface area contributed by atoms with E-state index in [9.17, 15) is 4.79 Å². The molecule has 1 amide bonds. The zero-order valence-corrected chi connectivity index (χ0v) is 10.9. The summed E-state index contributed by atoms with van der Waals surface area (Å²) in [5.41, 5.74) is 1.06. The summed E-state index contributed by atoms with van der Waals surface area (Å²) >= 11 is 0. The van der Waals surface area contributed by atoms with Gasteiger partial charge in [-0.05, 0) is 17.7 Å². The van der Waals surface area contributed by atoms with Gasteiger partial charge in [-0.3, -0.25) is 4.79 Å². The summed E-state index contributed by atoms with van der Waals surface area (Å²) in [6.45, 7) is 3.79. The van der Waals surface area contributed by atoms with Gasteiger partial charge in [0.2, 0.25) is 5.91 Å². The van der Waals surface area contributed by atoms with E-state index >= 15 is 0 Å². The highest BCUT2D eigenvalue weighted by Crippen LogP contribution is 2.25. The van der Waals surface area contributed by atoms with Crippen molar-refractivity contribution < 1.29 is 14.3 Å². The molecule has 1 aromatic carbocycles. The average molecular weight is 249 g/mol. The van der Waals surface area contributed by atoms with Crippen LogP contribution in [0, 0.1) is 0 Å². The summed E-state index contributed by atoms with van der Waals surface area (Å²) in [7, 11) is 1.65. The van der Waals surface area contributed by atoms with Crippen LogP contribution in [0.3, 0.4) is 0 Å². The van der Waals surface area contributed by atoms with Crippen molar-refractivity contribution in [3.8, 4) is 5.75 Å². The molecule has 1 unspecified atom stereocenters. The fourth-order valence-electron chi connectivity index (χ4n) is 2.14. The number of morpholine rings is 1. The Labute approximate surface area is 107 Å². The van der Waals surface area contributed by atoms with E-state index in [4.69, 9.17) is 9.47 Å². The third-order valence-electron chi connectivity index (χ3n) is 3.19. The maximum absolute atomic E-state index is 11.7. The number of amides is 1. The van der Waals surface area contributed by atoms with Crippen molar-refractivity contribution in [1.82, 2.24) is 4.90 Å². The van der Waals surface area contributed by atoms with E-state index in [0.29, 0.717) is 26.1 Å². The van der Waals surface area contributed by atoms with Crippen LogP contribution < -0.4 is 4.74 Å². The fourth-order valence-corrected chi connectivity index (χ4v) is 2.14. The molecule has 1 saturated heterocycles. The number of rotatable bonds is 3. The second-order valence-electron chi connectivity index (χ2n) is 4.33. The molecule has 0 N–H and O–H groups in total. The van der Waals surface area contributed by atoms with Crippen LogP contribution in [0.25, 0.3) is 0 Å². The van der Waals surface area contributed by atoms with Gasteiger partial charge < -0.3 is 14.4 Å². The van der Waals surface area contributed by atoms with E-state index in [2.05, 4.69) is 0 Å². The number of hydrogen-bond acceptors (Lipinski definition) is 3. The molecule has 98 valence electrons. The number of ether oxygens (including phenoxy) is 2. The predicted octanol–water partition coefficient (Wildman–Crippen LogP) is 2.01. The zero-order chi connectivity index (χ0) is 13.0. The molecule has 2 rings (SSSR count). The number of nitrogens with zero attached hydrogens (tertiary/aromatic N) is 1. The summed E-state index contributed by atoms with van der Waals surface area (Å²) in [6.07, 6.45) is 0.495. The van der Waals surface area contributed by atoms with Crippen LogP contribution >= 0.6 is 0 Å². The lowest BCUT2D eigenvalue weighted by atomic mass is 10.1. The molecule has 1 aliphatic heterocycles. The normalized spacial score (nSPS) is 19.7. The van der Waals surface area contributed by atoms with Crippen molar-refractivity contribution in [3.63, 3.8) is 0 Å². The summed E-state index contributed by atoms with van der Waals surface area (Å²) in [4.78, 5) is 13.6. The van der Waals surface area contributed by atoms with Crippen molar-refractivity contribution in [2.75, 3.05) is 26.8 Å². The Morgan fingerprint density at radius 1 is 1.56 bits per heavy atom. The van der Waals surface area contributed by atoms with E-state index in [1.807, 2.05) is 36.1 Å². The minimum Gasteiger partial charge on any atom is -0.497 e. The van der Waals surface area contributed by atoms with Crippen molar-refractivity contribution in [2.45, 2.75) is 19.4 Å². The van der Waals surface area contributed by atoms with Crippen molar-refractivity contribution >= 4 is 5.91 Å². The Bertz CT molecular complexity index is 419. The van der Waals surface area contributed by atoms with E-state index < -0.39 is 0 Å². The van der Waals surface area contributed by atoms with Gasteiger partial charge in [-0.15, -0.1) is 0 Å². The van der Waals surface area contributed by atoms with Gasteiger partial charge in [0, 0.05) is 13.0 Å². The van der Waals surface area contributed by atoms with E-state index in [1.165, 1.54) is 0 Å². The van der Waals surface area contributed by atoms with E-state index in [1.54, 1.807) is 7.11 Å². The van der Waals surface area contributed by atoms with Crippen LogP contribution in [0.1, 0.15) is 25.0 Å². The number of benzene rings is 1. The molecule has 0 spiro atoms. The minimum atomic E-state index is -0.0515. The van der Waals surface area contributed by atoms with Gasteiger partial charge in [0.15, 0.2) is 0 Å². The molecular formula is C14H19NO3. The minimum absolute atomic E-state index is 0.0515. The van der Waals surface area contributed by atoms with Crippen LogP contribution in [-0.4, -0.2) is 37.6 Å². The molecule has 1 atom stereocenters. The van der Waals surface area contributed by atoms with Crippen LogP contribution in [-0.2, 0) is 9.53 Å². The fraction of sp³-hybridized carbons (Fsp3) is 0.500. The standard InChI is InChI=1S/C14H19NO3/c1-3-14(16)15-7-8-18-13(10-15)11-5-4-6-12(9-11)17-2/h4-6,9,13H,3,7-8,10H2,1-2H3. The van der Waals surface area contributed by atoms with Gasteiger partial charge in [-0.25, -0.2) is 0 Å². The number of carbonyl (C=O) groups is 1. The molecule has 1 aromatic rings. The average Bonchev–Trinajstić information content (AvgIpc) is 2.46. The Kier molecular flexibility index (Phi) is 4.20. The lowest BCUT2D eigenvalue weighted by molar-refractivity contribution is -0.138. The van der Waals surface area contributed by atoms with Gasteiger partial charge >= 0.3 is 0 Å². The first-order valence-electron chi connectivity index (χ1n) is 6.28. The first kappa shape index (κ1) is 12.9. The zero-order valence-electron chi connectivity index (χ0n) is 10.9.